The van der Waals surface area contributed by atoms with Crippen molar-refractivity contribution in [3.8, 4) is 0 Å². The van der Waals surface area contributed by atoms with Gasteiger partial charge in [0, 0.05) is 5.02 Å². The molecule has 7 heteroatoms. The van der Waals surface area contributed by atoms with Crippen molar-refractivity contribution >= 4 is 41.1 Å². The quantitative estimate of drug-likeness (QED) is 0.569. The molecule has 0 radical (unpaired) electrons. The molecule has 0 unspecified atom stereocenters. The van der Waals surface area contributed by atoms with Gasteiger partial charge in [0.25, 0.3) is 0 Å². The molecule has 108 valence electrons. The van der Waals surface area contributed by atoms with E-state index < -0.39 is 24.2 Å². The summed E-state index contributed by atoms with van der Waals surface area (Å²) in [7, 11) is -7.25. The lowest BCUT2D eigenvalue weighted by molar-refractivity contribution is 0.396. The second-order valence-corrected chi connectivity index (χ2v) is 18.2. The van der Waals surface area contributed by atoms with E-state index in [2.05, 4.69) is 0 Å². The van der Waals surface area contributed by atoms with Gasteiger partial charge in [-0.25, -0.2) is 0 Å². The third-order valence-corrected chi connectivity index (χ3v) is 9.42. The maximum atomic E-state index is 13.1. The molecule has 0 N–H and O–H groups in total. The van der Waals surface area contributed by atoms with Crippen molar-refractivity contribution in [2.24, 2.45) is 0 Å². The number of benzene rings is 1. The second kappa shape index (κ2) is 5.84. The monoisotopic (exact) mass is 336 g/mol. The Kier molecular flexibility index (Phi) is 5.27. The molecular formula is C12H22ClO3PSi2. The van der Waals surface area contributed by atoms with Gasteiger partial charge in [0.2, 0.25) is 0 Å². The van der Waals surface area contributed by atoms with Crippen LogP contribution in [0.2, 0.25) is 44.3 Å². The van der Waals surface area contributed by atoms with Crippen LogP contribution in [0, 0.1) is 0 Å². The van der Waals surface area contributed by atoms with E-state index in [0.717, 1.165) is 0 Å². The number of rotatable bonds is 5. The summed E-state index contributed by atoms with van der Waals surface area (Å²) in [6.07, 6.45) is 0. The molecule has 0 aromatic heterocycles. The lowest BCUT2D eigenvalue weighted by Crippen LogP contribution is -2.33. The fourth-order valence-corrected chi connectivity index (χ4v) is 9.21. The Morgan fingerprint density at radius 2 is 1.26 bits per heavy atom. The highest BCUT2D eigenvalue weighted by atomic mass is 35.5. The molecule has 0 spiro atoms. The van der Waals surface area contributed by atoms with Gasteiger partial charge in [-0.05, 0) is 63.5 Å². The summed E-state index contributed by atoms with van der Waals surface area (Å²) in [4.78, 5) is 0. The zero-order valence-electron chi connectivity index (χ0n) is 12.4. The number of hydrogen-bond acceptors (Lipinski definition) is 3. The summed E-state index contributed by atoms with van der Waals surface area (Å²) in [5.41, 5.74) is 0. The van der Waals surface area contributed by atoms with Crippen molar-refractivity contribution in [2.45, 2.75) is 39.3 Å². The molecule has 19 heavy (non-hydrogen) atoms. The van der Waals surface area contributed by atoms with Crippen LogP contribution < -0.4 is 5.30 Å². The van der Waals surface area contributed by atoms with E-state index in [1.807, 2.05) is 39.3 Å². The van der Waals surface area contributed by atoms with Crippen LogP contribution in [-0.4, -0.2) is 16.6 Å². The average molecular weight is 337 g/mol. The zero-order valence-corrected chi connectivity index (χ0v) is 16.0. The third-order valence-electron chi connectivity index (χ3n) is 1.93. The minimum Gasteiger partial charge on any atom is -0.348 e. The molecule has 0 bridgehead atoms. The highest BCUT2D eigenvalue weighted by Crippen LogP contribution is 2.51. The summed E-state index contributed by atoms with van der Waals surface area (Å²) in [6.45, 7) is 12.0. The Balaban J connectivity index is 3.19. The van der Waals surface area contributed by atoms with Crippen LogP contribution in [0.5, 0.6) is 0 Å². The van der Waals surface area contributed by atoms with Crippen LogP contribution in [-0.2, 0) is 13.0 Å². The first-order valence-corrected chi connectivity index (χ1v) is 14.9. The summed E-state index contributed by atoms with van der Waals surface area (Å²) in [6, 6.07) is 6.88. The Morgan fingerprint density at radius 1 is 0.895 bits per heavy atom. The predicted octanol–water partition coefficient (Wildman–Crippen LogP) is 4.86. The smallest absolute Gasteiger partial charge is 0.342 e. The second-order valence-electron chi connectivity index (χ2n) is 6.38. The summed E-state index contributed by atoms with van der Waals surface area (Å²) in [5.74, 6) is 0. The first-order valence-electron chi connectivity index (χ1n) is 6.19. The SMILES string of the molecule is C[Si](C)(C)OP(=O)(O[Si](C)(C)C)c1ccc(Cl)cc1. The summed E-state index contributed by atoms with van der Waals surface area (Å²) < 4.78 is 24.9. The van der Waals surface area contributed by atoms with E-state index in [1.54, 1.807) is 24.3 Å². The van der Waals surface area contributed by atoms with Gasteiger partial charge in [0.1, 0.15) is 0 Å². The molecule has 0 fully saturated rings. The number of hydrogen-bond donors (Lipinski definition) is 0. The van der Waals surface area contributed by atoms with Crippen LogP contribution in [0.15, 0.2) is 24.3 Å². The predicted molar refractivity (Wildman–Crippen MR) is 87.6 cm³/mol. The van der Waals surface area contributed by atoms with Crippen LogP contribution >= 0.6 is 19.2 Å². The zero-order chi connectivity index (χ0) is 14.9. The van der Waals surface area contributed by atoms with Gasteiger partial charge in [-0.1, -0.05) is 11.6 Å². The van der Waals surface area contributed by atoms with Gasteiger partial charge in [-0.15, -0.1) is 0 Å². The van der Waals surface area contributed by atoms with Crippen molar-refractivity contribution in [1.29, 1.82) is 0 Å². The maximum Gasteiger partial charge on any atom is 0.342 e. The van der Waals surface area contributed by atoms with Crippen LogP contribution in [0.1, 0.15) is 0 Å². The highest BCUT2D eigenvalue weighted by Gasteiger charge is 2.38. The fourth-order valence-electron chi connectivity index (χ4n) is 1.47. The number of halogens is 1. The largest absolute Gasteiger partial charge is 0.348 e. The van der Waals surface area contributed by atoms with Crippen molar-refractivity contribution in [1.82, 2.24) is 0 Å². The maximum absolute atomic E-state index is 13.1. The van der Waals surface area contributed by atoms with E-state index in [4.69, 9.17) is 20.0 Å². The van der Waals surface area contributed by atoms with Crippen molar-refractivity contribution in [2.75, 3.05) is 0 Å². The standard InChI is InChI=1S/C12H22ClO3PSi2/c1-18(2,3)15-17(14,16-19(4,5)6)12-9-7-11(13)8-10-12/h7-10H,1-6H3. The molecule has 0 saturated carbocycles. The van der Waals surface area contributed by atoms with Crippen molar-refractivity contribution in [3.05, 3.63) is 29.3 Å². The molecule has 3 nitrogen and oxygen atoms in total. The molecule has 1 aromatic rings. The Morgan fingerprint density at radius 3 is 1.58 bits per heavy atom. The minimum absolute atomic E-state index is 0.585. The van der Waals surface area contributed by atoms with Gasteiger partial charge in [-0.2, -0.15) is 0 Å². The topological polar surface area (TPSA) is 35.5 Å². The molecule has 0 aliphatic carbocycles. The van der Waals surface area contributed by atoms with Gasteiger partial charge in [0.15, 0.2) is 16.6 Å². The Labute approximate surface area is 123 Å². The Hall–Kier alpha value is 0.0938. The first kappa shape index (κ1) is 17.1. The minimum atomic E-state index is -3.27. The molecule has 0 aliphatic rings. The molecule has 0 amide bonds. The van der Waals surface area contributed by atoms with Crippen LogP contribution in [0.4, 0.5) is 0 Å². The highest BCUT2D eigenvalue weighted by molar-refractivity contribution is 7.65. The van der Waals surface area contributed by atoms with Gasteiger partial charge < -0.3 is 8.43 Å². The van der Waals surface area contributed by atoms with E-state index in [1.165, 1.54) is 0 Å². The Bertz CT molecular complexity index is 457. The summed E-state index contributed by atoms with van der Waals surface area (Å²) >= 11 is 5.87. The van der Waals surface area contributed by atoms with Crippen LogP contribution in [0.25, 0.3) is 0 Å². The molecule has 0 atom stereocenters. The molecule has 1 rings (SSSR count). The molecule has 0 saturated heterocycles. The van der Waals surface area contributed by atoms with Gasteiger partial charge in [-0.3, -0.25) is 4.57 Å². The van der Waals surface area contributed by atoms with Gasteiger partial charge in [0.05, 0.1) is 5.30 Å². The molecule has 0 aliphatic heterocycles. The average Bonchev–Trinajstić information content (AvgIpc) is 2.11. The summed E-state index contributed by atoms with van der Waals surface area (Å²) in [5, 5.41) is 1.19. The van der Waals surface area contributed by atoms with E-state index in [-0.39, 0.29) is 0 Å². The lowest BCUT2D eigenvalue weighted by Gasteiger charge is -2.31. The van der Waals surface area contributed by atoms with Crippen molar-refractivity contribution in [3.63, 3.8) is 0 Å². The molecule has 1 aromatic carbocycles. The van der Waals surface area contributed by atoms with E-state index >= 15 is 0 Å². The van der Waals surface area contributed by atoms with E-state index in [0.29, 0.717) is 10.3 Å². The normalized spacial score (nSPS) is 13.6. The van der Waals surface area contributed by atoms with Gasteiger partial charge >= 0.3 is 7.60 Å². The van der Waals surface area contributed by atoms with E-state index in [9.17, 15) is 4.57 Å². The molecule has 0 heterocycles. The molecular weight excluding hydrogens is 315 g/mol. The third kappa shape index (κ3) is 5.94. The van der Waals surface area contributed by atoms with Crippen molar-refractivity contribution < 1.29 is 13.0 Å². The fraction of sp³-hybridized carbons (Fsp3) is 0.500. The van der Waals surface area contributed by atoms with Crippen LogP contribution in [0.3, 0.4) is 0 Å². The lowest BCUT2D eigenvalue weighted by atomic mass is 10.4. The first-order chi connectivity index (χ1) is 8.41.